The number of rotatable bonds is 4. The molecule has 1 saturated heterocycles. The number of aromatic hydroxyl groups is 1. The standard InChI is InChI=1S/C18H21NO6/c1-11-7-19(8-12(2)25-11)17(21)10-24-18(22)5-13-9-23-16-6-14(20)3-4-15(13)16/h3-4,6,9,11-12,20H,5,7-8,10H2,1-2H3/t11-,12-/m1/s1. The summed E-state index contributed by atoms with van der Waals surface area (Å²) in [6, 6.07) is 4.68. The van der Waals surface area contributed by atoms with E-state index in [2.05, 4.69) is 0 Å². The number of hydrogen-bond donors (Lipinski definition) is 1. The van der Waals surface area contributed by atoms with Gasteiger partial charge >= 0.3 is 5.97 Å². The quantitative estimate of drug-likeness (QED) is 0.849. The van der Waals surface area contributed by atoms with Crippen LogP contribution in [0.3, 0.4) is 0 Å². The number of nitrogens with zero attached hydrogens (tertiary/aromatic N) is 1. The number of furan rings is 1. The third-order valence-electron chi connectivity index (χ3n) is 4.10. The molecule has 2 aromatic rings. The lowest BCUT2D eigenvalue weighted by Crippen LogP contribution is -2.49. The van der Waals surface area contributed by atoms with Crippen LogP contribution in [0.4, 0.5) is 0 Å². The Labute approximate surface area is 145 Å². The van der Waals surface area contributed by atoms with Crippen molar-refractivity contribution in [2.24, 2.45) is 0 Å². The van der Waals surface area contributed by atoms with E-state index in [1.165, 1.54) is 18.4 Å². The van der Waals surface area contributed by atoms with Crippen LogP contribution in [0.25, 0.3) is 11.0 Å². The predicted octanol–water partition coefficient (Wildman–Crippen LogP) is 1.86. The van der Waals surface area contributed by atoms with Crippen LogP contribution < -0.4 is 0 Å². The van der Waals surface area contributed by atoms with Gasteiger partial charge in [0.05, 0.1) is 24.9 Å². The maximum atomic E-state index is 12.2. The summed E-state index contributed by atoms with van der Waals surface area (Å²) in [5.74, 6) is -0.633. The average molecular weight is 347 g/mol. The largest absolute Gasteiger partial charge is 0.508 e. The third-order valence-corrected chi connectivity index (χ3v) is 4.10. The second-order valence-corrected chi connectivity index (χ2v) is 6.33. The molecule has 0 radical (unpaired) electrons. The zero-order chi connectivity index (χ0) is 18.0. The first-order valence-electron chi connectivity index (χ1n) is 8.20. The molecule has 0 unspecified atom stereocenters. The number of morpholine rings is 1. The Morgan fingerprint density at radius 3 is 2.72 bits per heavy atom. The number of amides is 1. The van der Waals surface area contributed by atoms with Gasteiger partial charge in [-0.15, -0.1) is 0 Å². The molecule has 1 fully saturated rings. The molecule has 134 valence electrons. The Bertz CT molecular complexity index is 773. The van der Waals surface area contributed by atoms with Gasteiger partial charge in [-0.05, 0) is 26.0 Å². The fourth-order valence-corrected chi connectivity index (χ4v) is 3.03. The molecule has 1 aromatic heterocycles. The smallest absolute Gasteiger partial charge is 0.310 e. The van der Waals surface area contributed by atoms with Crippen LogP contribution in [-0.2, 0) is 25.5 Å². The van der Waals surface area contributed by atoms with Gasteiger partial charge in [0.1, 0.15) is 11.3 Å². The summed E-state index contributed by atoms with van der Waals surface area (Å²) >= 11 is 0. The lowest BCUT2D eigenvalue weighted by Gasteiger charge is -2.35. The van der Waals surface area contributed by atoms with Crippen molar-refractivity contribution >= 4 is 22.8 Å². The number of esters is 1. The molecule has 2 heterocycles. The third kappa shape index (κ3) is 4.11. The zero-order valence-electron chi connectivity index (χ0n) is 14.2. The molecule has 7 nitrogen and oxygen atoms in total. The molecule has 1 aliphatic rings. The number of carbonyl (C=O) groups excluding carboxylic acids is 2. The number of carbonyl (C=O) groups is 2. The number of phenols is 1. The fraction of sp³-hybridized carbons (Fsp3) is 0.444. The molecule has 7 heteroatoms. The maximum absolute atomic E-state index is 12.2. The van der Waals surface area contributed by atoms with Crippen molar-refractivity contribution in [2.45, 2.75) is 32.5 Å². The first kappa shape index (κ1) is 17.3. The molecule has 2 atom stereocenters. The number of fused-ring (bicyclic) bond motifs is 1. The zero-order valence-corrected chi connectivity index (χ0v) is 14.2. The van der Waals surface area contributed by atoms with Gasteiger partial charge in [0, 0.05) is 30.1 Å². The van der Waals surface area contributed by atoms with Gasteiger partial charge < -0.3 is 23.9 Å². The van der Waals surface area contributed by atoms with Gasteiger partial charge in [0.15, 0.2) is 6.61 Å². The highest BCUT2D eigenvalue weighted by Crippen LogP contribution is 2.25. The van der Waals surface area contributed by atoms with Crippen molar-refractivity contribution in [3.63, 3.8) is 0 Å². The summed E-state index contributed by atoms with van der Waals surface area (Å²) in [6.07, 6.45) is 1.40. The fourth-order valence-electron chi connectivity index (χ4n) is 3.03. The first-order valence-corrected chi connectivity index (χ1v) is 8.20. The Morgan fingerprint density at radius 1 is 1.28 bits per heavy atom. The highest BCUT2D eigenvalue weighted by molar-refractivity contribution is 5.87. The van der Waals surface area contributed by atoms with E-state index in [9.17, 15) is 14.7 Å². The molecule has 25 heavy (non-hydrogen) atoms. The van der Waals surface area contributed by atoms with E-state index in [4.69, 9.17) is 13.9 Å². The summed E-state index contributed by atoms with van der Waals surface area (Å²) in [6.45, 7) is 4.52. The monoisotopic (exact) mass is 347 g/mol. The number of benzene rings is 1. The van der Waals surface area contributed by atoms with E-state index in [-0.39, 0.29) is 36.9 Å². The van der Waals surface area contributed by atoms with Crippen LogP contribution in [0.5, 0.6) is 5.75 Å². The Balaban J connectivity index is 1.54. The minimum absolute atomic E-state index is 0.000964. The summed E-state index contributed by atoms with van der Waals surface area (Å²) < 4.78 is 16.0. The minimum atomic E-state index is -0.501. The van der Waals surface area contributed by atoms with E-state index in [0.717, 1.165) is 5.39 Å². The van der Waals surface area contributed by atoms with Crippen molar-refractivity contribution in [3.05, 3.63) is 30.0 Å². The van der Waals surface area contributed by atoms with Crippen LogP contribution in [0, 0.1) is 0 Å². The molecular formula is C18H21NO6. The highest BCUT2D eigenvalue weighted by Gasteiger charge is 2.26. The van der Waals surface area contributed by atoms with Gasteiger partial charge in [-0.25, -0.2) is 0 Å². The summed E-state index contributed by atoms with van der Waals surface area (Å²) in [7, 11) is 0. The molecule has 1 N–H and O–H groups in total. The van der Waals surface area contributed by atoms with Gasteiger partial charge in [-0.2, -0.15) is 0 Å². The summed E-state index contributed by atoms with van der Waals surface area (Å²) in [4.78, 5) is 25.9. The molecule has 1 aliphatic heterocycles. The first-order chi connectivity index (χ1) is 11.9. The SMILES string of the molecule is C[C@@H]1CN(C(=O)COC(=O)Cc2coc3cc(O)ccc23)C[C@@H](C)O1. The molecule has 0 saturated carbocycles. The second kappa shape index (κ2) is 7.14. The molecule has 3 rings (SSSR count). The number of hydrogen-bond acceptors (Lipinski definition) is 6. The molecule has 0 spiro atoms. The predicted molar refractivity (Wildman–Crippen MR) is 89.1 cm³/mol. The second-order valence-electron chi connectivity index (χ2n) is 6.33. The van der Waals surface area contributed by atoms with Crippen LogP contribution in [0.2, 0.25) is 0 Å². The Morgan fingerprint density at radius 2 is 2.00 bits per heavy atom. The molecular weight excluding hydrogens is 326 g/mol. The van der Waals surface area contributed by atoms with E-state index in [1.54, 1.807) is 11.0 Å². The Kier molecular flexibility index (Phi) is 4.94. The van der Waals surface area contributed by atoms with Crippen LogP contribution in [0.1, 0.15) is 19.4 Å². The Hall–Kier alpha value is -2.54. The molecule has 1 amide bonds. The molecule has 0 aliphatic carbocycles. The summed E-state index contributed by atoms with van der Waals surface area (Å²) in [5, 5.41) is 10.2. The van der Waals surface area contributed by atoms with Gasteiger partial charge in [0.2, 0.25) is 0 Å². The van der Waals surface area contributed by atoms with Crippen LogP contribution >= 0.6 is 0 Å². The lowest BCUT2D eigenvalue weighted by molar-refractivity contribution is -0.156. The van der Waals surface area contributed by atoms with E-state index < -0.39 is 5.97 Å². The summed E-state index contributed by atoms with van der Waals surface area (Å²) in [5.41, 5.74) is 1.15. The van der Waals surface area contributed by atoms with Crippen molar-refractivity contribution in [2.75, 3.05) is 19.7 Å². The van der Waals surface area contributed by atoms with Crippen LogP contribution in [-0.4, -0.2) is 53.8 Å². The van der Waals surface area contributed by atoms with E-state index in [1.807, 2.05) is 13.8 Å². The van der Waals surface area contributed by atoms with Gasteiger partial charge in [-0.1, -0.05) is 0 Å². The van der Waals surface area contributed by atoms with Crippen molar-refractivity contribution in [3.8, 4) is 5.75 Å². The van der Waals surface area contributed by atoms with Gasteiger partial charge in [0.25, 0.3) is 5.91 Å². The molecule has 0 bridgehead atoms. The van der Waals surface area contributed by atoms with Crippen LogP contribution in [0.15, 0.2) is 28.9 Å². The topological polar surface area (TPSA) is 89.2 Å². The highest BCUT2D eigenvalue weighted by atomic mass is 16.5. The maximum Gasteiger partial charge on any atom is 0.310 e. The van der Waals surface area contributed by atoms with E-state index >= 15 is 0 Å². The van der Waals surface area contributed by atoms with Crippen molar-refractivity contribution in [1.82, 2.24) is 4.90 Å². The number of phenolic OH excluding ortho intramolecular Hbond substituents is 1. The van der Waals surface area contributed by atoms with Gasteiger partial charge in [-0.3, -0.25) is 9.59 Å². The lowest BCUT2D eigenvalue weighted by atomic mass is 10.1. The minimum Gasteiger partial charge on any atom is -0.508 e. The normalized spacial score (nSPS) is 20.6. The molecule has 1 aromatic carbocycles. The average Bonchev–Trinajstić information content (AvgIpc) is 2.93. The van der Waals surface area contributed by atoms with Crippen molar-refractivity contribution in [1.29, 1.82) is 0 Å². The number of ether oxygens (including phenoxy) is 2. The van der Waals surface area contributed by atoms with Crippen molar-refractivity contribution < 1.29 is 28.6 Å². The van der Waals surface area contributed by atoms with E-state index in [0.29, 0.717) is 24.2 Å².